The van der Waals surface area contributed by atoms with E-state index >= 15 is 0 Å². The van der Waals surface area contributed by atoms with Gasteiger partial charge in [0.2, 0.25) is 0 Å². The van der Waals surface area contributed by atoms with Gasteiger partial charge >= 0.3 is 0 Å². The summed E-state index contributed by atoms with van der Waals surface area (Å²) in [6.07, 6.45) is 1.63. The summed E-state index contributed by atoms with van der Waals surface area (Å²) in [6, 6.07) is 10.2. The summed E-state index contributed by atoms with van der Waals surface area (Å²) in [4.78, 5) is 0. The van der Waals surface area contributed by atoms with Crippen LogP contribution in [-0.2, 0) is 15.9 Å². The molecule has 0 aliphatic heterocycles. The van der Waals surface area contributed by atoms with Crippen LogP contribution in [0.4, 0.5) is 0 Å². The van der Waals surface area contributed by atoms with Crippen LogP contribution in [0.2, 0.25) is 0 Å². The smallest absolute Gasteiger partial charge is 0.171 e. The number of benzene rings is 1. The van der Waals surface area contributed by atoms with Gasteiger partial charge in [-0.2, -0.15) is 0 Å². The molecule has 0 saturated heterocycles. The first-order valence-corrected chi connectivity index (χ1v) is 4.90. The van der Waals surface area contributed by atoms with E-state index in [1.54, 1.807) is 14.2 Å². The Kier molecular flexibility index (Phi) is 4.11. The first kappa shape index (κ1) is 11.2. The van der Waals surface area contributed by atoms with Gasteiger partial charge in [0.25, 0.3) is 0 Å². The summed E-state index contributed by atoms with van der Waals surface area (Å²) in [5.74, 6) is -0.471. The average Bonchev–Trinajstić information content (AvgIpc) is 2.28. The molecule has 0 aliphatic carbocycles. The zero-order valence-electron chi connectivity index (χ0n) is 9.12. The molecule has 0 spiro atoms. The number of methoxy groups -OCH3 is 2. The number of hydrogen-bond donors (Lipinski definition) is 0. The Morgan fingerprint density at radius 1 is 1.07 bits per heavy atom. The monoisotopic (exact) mass is 194 g/mol. The maximum atomic E-state index is 5.42. The molecule has 0 amide bonds. The highest BCUT2D eigenvalue weighted by molar-refractivity contribution is 5.16. The Morgan fingerprint density at radius 2 is 1.64 bits per heavy atom. The van der Waals surface area contributed by atoms with Gasteiger partial charge in [-0.1, -0.05) is 37.3 Å². The predicted molar refractivity (Wildman–Crippen MR) is 57.2 cm³/mol. The number of ether oxygens (including phenoxy) is 2. The Bertz CT molecular complexity index is 244. The van der Waals surface area contributed by atoms with Gasteiger partial charge < -0.3 is 9.47 Å². The molecule has 1 rings (SSSR count). The first-order chi connectivity index (χ1) is 6.76. The van der Waals surface area contributed by atoms with Crippen molar-refractivity contribution in [1.29, 1.82) is 0 Å². The molecular formula is C12H18O2. The minimum absolute atomic E-state index is 0.471. The molecule has 0 aromatic heterocycles. The van der Waals surface area contributed by atoms with E-state index in [4.69, 9.17) is 9.47 Å². The molecule has 1 aromatic carbocycles. The molecule has 0 bridgehead atoms. The highest BCUT2D eigenvalue weighted by Crippen LogP contribution is 2.21. The molecule has 0 aliphatic rings. The Morgan fingerprint density at radius 3 is 2.07 bits per heavy atom. The lowest BCUT2D eigenvalue weighted by Crippen LogP contribution is -2.35. The largest absolute Gasteiger partial charge is 0.353 e. The molecule has 2 nitrogen and oxygen atoms in total. The predicted octanol–water partition coefficient (Wildman–Crippen LogP) is 2.63. The van der Waals surface area contributed by atoms with Crippen molar-refractivity contribution in [1.82, 2.24) is 0 Å². The molecule has 0 atom stereocenters. The highest BCUT2D eigenvalue weighted by atomic mass is 16.7. The van der Waals surface area contributed by atoms with E-state index in [0.717, 1.165) is 12.8 Å². The van der Waals surface area contributed by atoms with E-state index in [1.165, 1.54) is 5.56 Å². The molecule has 2 heteroatoms. The highest BCUT2D eigenvalue weighted by Gasteiger charge is 2.27. The van der Waals surface area contributed by atoms with Crippen molar-refractivity contribution in [2.45, 2.75) is 25.6 Å². The number of rotatable bonds is 5. The molecule has 14 heavy (non-hydrogen) atoms. The zero-order valence-corrected chi connectivity index (χ0v) is 9.12. The van der Waals surface area contributed by atoms with Crippen LogP contribution in [0.1, 0.15) is 18.9 Å². The molecule has 0 N–H and O–H groups in total. The lowest BCUT2D eigenvalue weighted by molar-refractivity contribution is -0.207. The third kappa shape index (κ3) is 2.56. The Hall–Kier alpha value is -0.860. The van der Waals surface area contributed by atoms with E-state index in [-0.39, 0.29) is 0 Å². The van der Waals surface area contributed by atoms with Gasteiger partial charge in [0.1, 0.15) is 0 Å². The molecule has 0 radical (unpaired) electrons. The fourth-order valence-corrected chi connectivity index (χ4v) is 1.55. The molecule has 0 fully saturated rings. The molecule has 0 unspecified atom stereocenters. The van der Waals surface area contributed by atoms with Gasteiger partial charge in [-0.15, -0.1) is 0 Å². The van der Waals surface area contributed by atoms with E-state index in [0.29, 0.717) is 0 Å². The molecule has 1 aromatic rings. The molecule has 0 heterocycles. The fourth-order valence-electron chi connectivity index (χ4n) is 1.55. The van der Waals surface area contributed by atoms with Gasteiger partial charge in [-0.05, 0) is 12.0 Å². The third-order valence-corrected chi connectivity index (χ3v) is 2.60. The van der Waals surface area contributed by atoms with Crippen LogP contribution in [-0.4, -0.2) is 20.0 Å². The SMILES string of the molecule is CCC(Cc1ccccc1)(OC)OC. The summed E-state index contributed by atoms with van der Waals surface area (Å²) in [5, 5.41) is 0. The second-order valence-electron chi connectivity index (χ2n) is 3.33. The topological polar surface area (TPSA) is 18.5 Å². The van der Waals surface area contributed by atoms with Gasteiger partial charge in [-0.3, -0.25) is 0 Å². The molecule has 0 saturated carbocycles. The van der Waals surface area contributed by atoms with Crippen LogP contribution in [0.5, 0.6) is 0 Å². The van der Waals surface area contributed by atoms with Crippen molar-refractivity contribution in [3.8, 4) is 0 Å². The van der Waals surface area contributed by atoms with Crippen LogP contribution in [0.15, 0.2) is 30.3 Å². The quantitative estimate of drug-likeness (QED) is 0.671. The second kappa shape index (κ2) is 5.13. The minimum Gasteiger partial charge on any atom is -0.353 e. The van der Waals surface area contributed by atoms with Crippen molar-refractivity contribution in [2.24, 2.45) is 0 Å². The number of hydrogen-bond acceptors (Lipinski definition) is 2. The average molecular weight is 194 g/mol. The summed E-state index contributed by atoms with van der Waals surface area (Å²) < 4.78 is 10.8. The maximum Gasteiger partial charge on any atom is 0.171 e. The second-order valence-corrected chi connectivity index (χ2v) is 3.33. The summed E-state index contributed by atoms with van der Waals surface area (Å²) in [7, 11) is 3.38. The van der Waals surface area contributed by atoms with Gasteiger partial charge in [0, 0.05) is 20.6 Å². The van der Waals surface area contributed by atoms with Crippen LogP contribution in [0.3, 0.4) is 0 Å². The van der Waals surface area contributed by atoms with Crippen molar-refractivity contribution in [3.05, 3.63) is 35.9 Å². The molecular weight excluding hydrogens is 176 g/mol. The Labute approximate surface area is 85.8 Å². The van der Waals surface area contributed by atoms with E-state index < -0.39 is 5.79 Å². The summed E-state index contributed by atoms with van der Waals surface area (Å²) in [6.45, 7) is 2.07. The third-order valence-electron chi connectivity index (χ3n) is 2.60. The van der Waals surface area contributed by atoms with Gasteiger partial charge in [0.15, 0.2) is 5.79 Å². The van der Waals surface area contributed by atoms with Crippen LogP contribution >= 0.6 is 0 Å². The zero-order chi connectivity index (χ0) is 10.4. The van der Waals surface area contributed by atoms with Crippen molar-refractivity contribution >= 4 is 0 Å². The summed E-state index contributed by atoms with van der Waals surface area (Å²) >= 11 is 0. The van der Waals surface area contributed by atoms with Crippen molar-refractivity contribution < 1.29 is 9.47 Å². The van der Waals surface area contributed by atoms with E-state index in [9.17, 15) is 0 Å². The van der Waals surface area contributed by atoms with E-state index in [1.807, 2.05) is 18.2 Å². The first-order valence-electron chi connectivity index (χ1n) is 4.90. The van der Waals surface area contributed by atoms with Crippen LogP contribution < -0.4 is 0 Å². The standard InChI is InChI=1S/C12H18O2/c1-4-12(13-2,14-3)10-11-8-6-5-7-9-11/h5-9H,4,10H2,1-3H3. The Balaban J connectivity index is 2.74. The minimum atomic E-state index is -0.471. The van der Waals surface area contributed by atoms with Gasteiger partial charge in [0.05, 0.1) is 0 Å². The summed E-state index contributed by atoms with van der Waals surface area (Å²) in [5.41, 5.74) is 1.23. The lowest BCUT2D eigenvalue weighted by atomic mass is 10.0. The maximum absolute atomic E-state index is 5.42. The van der Waals surface area contributed by atoms with Crippen LogP contribution in [0.25, 0.3) is 0 Å². The van der Waals surface area contributed by atoms with E-state index in [2.05, 4.69) is 19.1 Å². The van der Waals surface area contributed by atoms with Gasteiger partial charge in [-0.25, -0.2) is 0 Å². The lowest BCUT2D eigenvalue weighted by Gasteiger charge is -2.29. The van der Waals surface area contributed by atoms with Crippen molar-refractivity contribution in [3.63, 3.8) is 0 Å². The normalized spacial score (nSPS) is 11.6. The van der Waals surface area contributed by atoms with Crippen LogP contribution in [0, 0.1) is 0 Å². The van der Waals surface area contributed by atoms with Crippen molar-refractivity contribution in [2.75, 3.05) is 14.2 Å². The molecule has 78 valence electrons. The fraction of sp³-hybridized carbons (Fsp3) is 0.500.